The van der Waals surface area contributed by atoms with Crippen molar-refractivity contribution in [2.24, 2.45) is 7.05 Å². The summed E-state index contributed by atoms with van der Waals surface area (Å²) in [5.41, 5.74) is 4.59. The van der Waals surface area contributed by atoms with E-state index in [4.69, 9.17) is 4.74 Å². The summed E-state index contributed by atoms with van der Waals surface area (Å²) in [6.45, 7) is 0. The molecular formula is C19H18NO+. The van der Waals surface area contributed by atoms with E-state index in [0.717, 1.165) is 22.6 Å². The highest BCUT2D eigenvalue weighted by molar-refractivity contribution is 5.73. The molecule has 1 heterocycles. The Hall–Kier alpha value is -2.61. The van der Waals surface area contributed by atoms with E-state index in [1.54, 1.807) is 7.11 Å². The van der Waals surface area contributed by atoms with Crippen LogP contribution in [0.15, 0.2) is 72.9 Å². The van der Waals surface area contributed by atoms with Crippen LogP contribution in [0.3, 0.4) is 0 Å². The Morgan fingerprint density at radius 1 is 0.810 bits per heavy atom. The van der Waals surface area contributed by atoms with Crippen LogP contribution < -0.4 is 9.30 Å². The minimum Gasteiger partial charge on any atom is -0.496 e. The molecule has 0 radical (unpaired) electrons. The first kappa shape index (κ1) is 13.4. The van der Waals surface area contributed by atoms with E-state index in [2.05, 4.69) is 41.0 Å². The van der Waals surface area contributed by atoms with Gasteiger partial charge in [-0.15, -0.1) is 0 Å². The maximum Gasteiger partial charge on any atom is 0.216 e. The lowest BCUT2D eigenvalue weighted by Gasteiger charge is -2.10. The van der Waals surface area contributed by atoms with Crippen molar-refractivity contribution in [1.29, 1.82) is 0 Å². The van der Waals surface area contributed by atoms with Crippen molar-refractivity contribution >= 4 is 0 Å². The van der Waals surface area contributed by atoms with Crippen molar-refractivity contribution < 1.29 is 9.30 Å². The number of aryl methyl sites for hydroxylation is 1. The molecule has 3 rings (SSSR count). The molecule has 0 aliphatic heterocycles. The summed E-state index contributed by atoms with van der Waals surface area (Å²) in [5, 5.41) is 0. The van der Waals surface area contributed by atoms with Crippen LogP contribution >= 0.6 is 0 Å². The van der Waals surface area contributed by atoms with Crippen molar-refractivity contribution in [3.63, 3.8) is 0 Å². The van der Waals surface area contributed by atoms with Gasteiger partial charge in [-0.25, -0.2) is 4.57 Å². The second-order valence-electron chi connectivity index (χ2n) is 4.98. The van der Waals surface area contributed by atoms with Gasteiger partial charge in [-0.3, -0.25) is 0 Å². The Kier molecular flexibility index (Phi) is 3.69. The third-order valence-electron chi connectivity index (χ3n) is 3.64. The largest absolute Gasteiger partial charge is 0.496 e. The van der Waals surface area contributed by atoms with Gasteiger partial charge >= 0.3 is 0 Å². The van der Waals surface area contributed by atoms with Gasteiger partial charge in [0.25, 0.3) is 0 Å². The van der Waals surface area contributed by atoms with Gasteiger partial charge < -0.3 is 4.74 Å². The Morgan fingerprint density at radius 3 is 2.29 bits per heavy atom. The number of hydrogen-bond donors (Lipinski definition) is 0. The average molecular weight is 276 g/mol. The topological polar surface area (TPSA) is 13.1 Å². The molecule has 0 saturated heterocycles. The maximum atomic E-state index is 5.60. The lowest BCUT2D eigenvalue weighted by atomic mass is 10.0. The van der Waals surface area contributed by atoms with Gasteiger partial charge in [-0.2, -0.15) is 0 Å². The summed E-state index contributed by atoms with van der Waals surface area (Å²) in [7, 11) is 3.76. The quantitative estimate of drug-likeness (QED) is 0.662. The smallest absolute Gasteiger partial charge is 0.216 e. The fourth-order valence-corrected chi connectivity index (χ4v) is 2.52. The van der Waals surface area contributed by atoms with E-state index in [1.165, 1.54) is 5.56 Å². The predicted molar refractivity (Wildman–Crippen MR) is 85.0 cm³/mol. The number of pyridine rings is 1. The molecule has 0 amide bonds. The molecule has 0 spiro atoms. The zero-order valence-electron chi connectivity index (χ0n) is 12.3. The highest BCUT2D eigenvalue weighted by Gasteiger charge is 2.14. The van der Waals surface area contributed by atoms with E-state index in [1.807, 2.05) is 43.6 Å². The molecular weight excluding hydrogens is 258 g/mol. The fraction of sp³-hybridized carbons (Fsp3) is 0.105. The molecule has 0 fully saturated rings. The Bertz CT molecular complexity index is 751. The van der Waals surface area contributed by atoms with Crippen LogP contribution in [0.4, 0.5) is 0 Å². The lowest BCUT2D eigenvalue weighted by molar-refractivity contribution is -0.660. The molecule has 3 aromatic rings. The number of hydrogen-bond acceptors (Lipinski definition) is 1. The maximum absolute atomic E-state index is 5.60. The van der Waals surface area contributed by atoms with Gasteiger partial charge in [0.05, 0.1) is 12.7 Å². The SMILES string of the molecule is COc1cc(-c2ccccc2)ccc1-c1cccc[n+]1C. The average Bonchev–Trinajstić information content (AvgIpc) is 2.56. The molecule has 1 aromatic heterocycles. The van der Waals surface area contributed by atoms with Gasteiger partial charge in [0.1, 0.15) is 12.8 Å². The number of nitrogens with zero attached hydrogens (tertiary/aromatic N) is 1. The van der Waals surface area contributed by atoms with Crippen LogP contribution in [0.1, 0.15) is 0 Å². The summed E-state index contributed by atoms with van der Waals surface area (Å²) < 4.78 is 7.70. The molecule has 2 aromatic carbocycles. The fourth-order valence-electron chi connectivity index (χ4n) is 2.52. The number of benzene rings is 2. The summed E-state index contributed by atoms with van der Waals surface area (Å²) in [6, 6.07) is 22.9. The van der Waals surface area contributed by atoms with Crippen molar-refractivity contribution in [2.45, 2.75) is 0 Å². The van der Waals surface area contributed by atoms with Crippen molar-refractivity contribution in [3.05, 3.63) is 72.9 Å². The summed E-state index contributed by atoms with van der Waals surface area (Å²) >= 11 is 0. The Morgan fingerprint density at radius 2 is 1.57 bits per heavy atom. The third-order valence-corrected chi connectivity index (χ3v) is 3.64. The summed E-state index contributed by atoms with van der Waals surface area (Å²) in [5.74, 6) is 0.887. The molecule has 2 nitrogen and oxygen atoms in total. The lowest BCUT2D eigenvalue weighted by Crippen LogP contribution is -2.30. The van der Waals surface area contributed by atoms with Gasteiger partial charge in [-0.05, 0) is 29.3 Å². The van der Waals surface area contributed by atoms with Crippen molar-refractivity contribution in [3.8, 4) is 28.1 Å². The molecule has 0 unspecified atom stereocenters. The van der Waals surface area contributed by atoms with Crippen molar-refractivity contribution in [1.82, 2.24) is 0 Å². The predicted octanol–water partition coefficient (Wildman–Crippen LogP) is 3.85. The first-order valence-corrected chi connectivity index (χ1v) is 6.98. The molecule has 104 valence electrons. The summed E-state index contributed by atoms with van der Waals surface area (Å²) in [4.78, 5) is 0. The number of methoxy groups -OCH3 is 1. The third kappa shape index (κ3) is 2.65. The zero-order valence-corrected chi connectivity index (χ0v) is 12.3. The van der Waals surface area contributed by atoms with Gasteiger partial charge in [0.2, 0.25) is 5.69 Å². The molecule has 0 bridgehead atoms. The number of aromatic nitrogens is 1. The van der Waals surface area contributed by atoms with Crippen LogP contribution in [0.2, 0.25) is 0 Å². The molecule has 0 atom stereocenters. The molecule has 0 N–H and O–H groups in total. The van der Waals surface area contributed by atoms with E-state index < -0.39 is 0 Å². The van der Waals surface area contributed by atoms with Crippen LogP contribution in [0.25, 0.3) is 22.4 Å². The van der Waals surface area contributed by atoms with Gasteiger partial charge in [0.15, 0.2) is 6.20 Å². The first-order valence-electron chi connectivity index (χ1n) is 6.98. The Labute approximate surface area is 125 Å². The van der Waals surface area contributed by atoms with Crippen molar-refractivity contribution in [2.75, 3.05) is 7.11 Å². The Balaban J connectivity index is 2.11. The second-order valence-corrected chi connectivity index (χ2v) is 4.98. The van der Waals surface area contributed by atoms with Gasteiger partial charge in [-0.1, -0.05) is 36.4 Å². The highest BCUT2D eigenvalue weighted by Crippen LogP contribution is 2.32. The van der Waals surface area contributed by atoms with Crippen LogP contribution in [0, 0.1) is 0 Å². The molecule has 21 heavy (non-hydrogen) atoms. The zero-order chi connectivity index (χ0) is 14.7. The minimum atomic E-state index is 0.887. The number of ether oxygens (including phenoxy) is 1. The highest BCUT2D eigenvalue weighted by atomic mass is 16.5. The molecule has 2 heteroatoms. The van der Waals surface area contributed by atoms with E-state index in [9.17, 15) is 0 Å². The van der Waals surface area contributed by atoms with E-state index in [-0.39, 0.29) is 0 Å². The second kappa shape index (κ2) is 5.80. The van der Waals surface area contributed by atoms with Crippen LogP contribution in [-0.4, -0.2) is 7.11 Å². The van der Waals surface area contributed by atoms with Crippen LogP contribution in [-0.2, 0) is 7.05 Å². The summed E-state index contributed by atoms with van der Waals surface area (Å²) in [6.07, 6.45) is 2.04. The van der Waals surface area contributed by atoms with Gasteiger partial charge in [0, 0.05) is 12.1 Å². The minimum absolute atomic E-state index is 0.887. The molecule has 0 saturated carbocycles. The molecule has 0 aliphatic rings. The van der Waals surface area contributed by atoms with Crippen LogP contribution in [0.5, 0.6) is 5.75 Å². The van der Waals surface area contributed by atoms with E-state index >= 15 is 0 Å². The normalized spacial score (nSPS) is 10.4. The molecule has 0 aliphatic carbocycles. The standard InChI is InChI=1S/C19H18NO/c1-20-13-7-6-10-18(20)17-12-11-16(14-19(17)21-2)15-8-4-3-5-9-15/h3-14H,1-2H3/q+1. The monoisotopic (exact) mass is 276 g/mol. The first-order chi connectivity index (χ1) is 10.3. The number of rotatable bonds is 3. The van der Waals surface area contributed by atoms with E-state index in [0.29, 0.717) is 0 Å².